The van der Waals surface area contributed by atoms with Gasteiger partial charge < -0.3 is 10.4 Å². The topological polar surface area (TPSA) is 49.3 Å². The smallest absolute Gasteiger partial charge is 0.251 e. The lowest BCUT2D eigenvalue weighted by Crippen LogP contribution is -2.33. The van der Waals surface area contributed by atoms with Crippen molar-refractivity contribution in [3.05, 3.63) is 64.7 Å². The monoisotopic (exact) mass is 267 g/mol. The van der Waals surface area contributed by atoms with E-state index >= 15 is 0 Å². The van der Waals surface area contributed by atoms with Gasteiger partial charge in [0.25, 0.3) is 5.91 Å². The molecule has 102 valence electrons. The SMILES string of the molecule is Cc1cc(O)ccc1C(=O)NCC1Cc2ccccc21. The molecule has 0 saturated heterocycles. The number of carbonyl (C=O) groups is 1. The van der Waals surface area contributed by atoms with Crippen LogP contribution in [0.25, 0.3) is 0 Å². The van der Waals surface area contributed by atoms with Crippen LogP contribution in [0, 0.1) is 6.92 Å². The largest absolute Gasteiger partial charge is 0.508 e. The van der Waals surface area contributed by atoms with Gasteiger partial charge in [0.2, 0.25) is 0 Å². The molecule has 3 nitrogen and oxygen atoms in total. The summed E-state index contributed by atoms with van der Waals surface area (Å²) in [6, 6.07) is 13.2. The minimum atomic E-state index is -0.0770. The highest BCUT2D eigenvalue weighted by Crippen LogP contribution is 2.34. The van der Waals surface area contributed by atoms with Crippen molar-refractivity contribution in [2.75, 3.05) is 6.54 Å². The maximum Gasteiger partial charge on any atom is 0.251 e. The molecule has 1 aliphatic rings. The van der Waals surface area contributed by atoms with Gasteiger partial charge in [0.15, 0.2) is 0 Å². The fourth-order valence-electron chi connectivity index (χ4n) is 2.76. The van der Waals surface area contributed by atoms with Crippen LogP contribution in [-0.4, -0.2) is 17.6 Å². The Morgan fingerprint density at radius 3 is 2.85 bits per heavy atom. The van der Waals surface area contributed by atoms with E-state index in [1.165, 1.54) is 11.1 Å². The summed E-state index contributed by atoms with van der Waals surface area (Å²) in [6.45, 7) is 2.49. The van der Waals surface area contributed by atoms with Gasteiger partial charge in [-0.2, -0.15) is 0 Å². The second-order valence-corrected chi connectivity index (χ2v) is 5.31. The Morgan fingerprint density at radius 1 is 1.30 bits per heavy atom. The molecule has 0 aromatic heterocycles. The van der Waals surface area contributed by atoms with Crippen LogP contribution in [0.15, 0.2) is 42.5 Å². The lowest BCUT2D eigenvalue weighted by atomic mass is 9.77. The summed E-state index contributed by atoms with van der Waals surface area (Å²) in [5.74, 6) is 0.534. The van der Waals surface area contributed by atoms with Crippen molar-refractivity contribution in [2.45, 2.75) is 19.3 Å². The molecule has 1 unspecified atom stereocenters. The first-order valence-corrected chi connectivity index (χ1v) is 6.81. The number of carbonyl (C=O) groups excluding carboxylic acids is 1. The zero-order valence-electron chi connectivity index (χ0n) is 11.4. The highest BCUT2D eigenvalue weighted by atomic mass is 16.3. The first kappa shape index (κ1) is 12.7. The number of phenolic OH excluding ortho intramolecular Hbond substituents is 1. The molecule has 0 aliphatic heterocycles. The summed E-state index contributed by atoms with van der Waals surface area (Å²) in [4.78, 5) is 12.1. The molecule has 0 bridgehead atoms. The highest BCUT2D eigenvalue weighted by molar-refractivity contribution is 5.95. The number of fused-ring (bicyclic) bond motifs is 1. The zero-order chi connectivity index (χ0) is 14.1. The van der Waals surface area contributed by atoms with E-state index in [2.05, 4.69) is 17.4 Å². The molecule has 0 spiro atoms. The van der Waals surface area contributed by atoms with E-state index in [-0.39, 0.29) is 11.7 Å². The van der Waals surface area contributed by atoms with E-state index in [9.17, 15) is 9.90 Å². The molecular formula is C17H17NO2. The number of hydrogen-bond acceptors (Lipinski definition) is 2. The van der Waals surface area contributed by atoms with Crippen LogP contribution in [-0.2, 0) is 6.42 Å². The molecular weight excluding hydrogens is 250 g/mol. The van der Waals surface area contributed by atoms with E-state index in [0.717, 1.165) is 12.0 Å². The third-order valence-corrected chi connectivity index (χ3v) is 3.92. The normalized spacial score (nSPS) is 16.1. The minimum absolute atomic E-state index is 0.0770. The molecule has 1 aliphatic carbocycles. The summed E-state index contributed by atoms with van der Waals surface area (Å²) < 4.78 is 0. The predicted octanol–water partition coefficient (Wildman–Crippen LogP) is 2.77. The Kier molecular flexibility index (Phi) is 3.18. The maximum atomic E-state index is 12.1. The van der Waals surface area contributed by atoms with Crippen LogP contribution >= 0.6 is 0 Å². The summed E-state index contributed by atoms with van der Waals surface area (Å²) in [5.41, 5.74) is 4.13. The van der Waals surface area contributed by atoms with E-state index in [1.807, 2.05) is 19.1 Å². The third kappa shape index (κ3) is 2.27. The number of rotatable bonds is 3. The van der Waals surface area contributed by atoms with Crippen LogP contribution in [0.4, 0.5) is 0 Å². The quantitative estimate of drug-likeness (QED) is 0.898. The van der Waals surface area contributed by atoms with Gasteiger partial charge >= 0.3 is 0 Å². The first-order valence-electron chi connectivity index (χ1n) is 6.81. The van der Waals surface area contributed by atoms with Crippen molar-refractivity contribution in [3.8, 4) is 5.75 Å². The molecule has 20 heavy (non-hydrogen) atoms. The lowest BCUT2D eigenvalue weighted by Gasteiger charge is -2.30. The number of hydrogen-bond donors (Lipinski definition) is 2. The molecule has 3 rings (SSSR count). The Bertz CT molecular complexity index is 664. The van der Waals surface area contributed by atoms with Gasteiger partial charge in [0.05, 0.1) is 0 Å². The van der Waals surface area contributed by atoms with E-state index < -0.39 is 0 Å². The van der Waals surface area contributed by atoms with E-state index in [1.54, 1.807) is 18.2 Å². The molecule has 1 amide bonds. The second-order valence-electron chi connectivity index (χ2n) is 5.31. The average molecular weight is 267 g/mol. The number of benzene rings is 2. The summed E-state index contributed by atoms with van der Waals surface area (Å²) in [6.07, 6.45) is 1.03. The molecule has 2 aromatic carbocycles. The molecule has 0 saturated carbocycles. The van der Waals surface area contributed by atoms with Crippen molar-refractivity contribution in [1.29, 1.82) is 0 Å². The number of aromatic hydroxyl groups is 1. The van der Waals surface area contributed by atoms with Gasteiger partial charge in [0, 0.05) is 18.0 Å². The van der Waals surface area contributed by atoms with Gasteiger partial charge in [-0.05, 0) is 48.2 Å². The molecule has 0 fully saturated rings. The molecule has 0 heterocycles. The number of aryl methyl sites for hydroxylation is 1. The molecule has 3 heteroatoms. The standard InChI is InChI=1S/C17H17NO2/c1-11-8-14(19)6-7-15(11)17(20)18-10-13-9-12-4-2-3-5-16(12)13/h2-8,13,19H,9-10H2,1H3,(H,18,20). The molecule has 0 radical (unpaired) electrons. The summed E-state index contributed by atoms with van der Waals surface area (Å²) in [7, 11) is 0. The van der Waals surface area contributed by atoms with Crippen LogP contribution in [0.3, 0.4) is 0 Å². The highest BCUT2D eigenvalue weighted by Gasteiger charge is 2.25. The van der Waals surface area contributed by atoms with Gasteiger partial charge in [-0.15, -0.1) is 0 Å². The van der Waals surface area contributed by atoms with E-state index in [4.69, 9.17) is 0 Å². The molecule has 2 aromatic rings. The maximum absolute atomic E-state index is 12.1. The van der Waals surface area contributed by atoms with Crippen molar-refractivity contribution >= 4 is 5.91 Å². The molecule has 1 atom stereocenters. The fourth-order valence-corrected chi connectivity index (χ4v) is 2.76. The average Bonchev–Trinajstić information content (AvgIpc) is 2.39. The van der Waals surface area contributed by atoms with Crippen LogP contribution in [0.5, 0.6) is 5.75 Å². The Morgan fingerprint density at radius 2 is 2.10 bits per heavy atom. The molecule has 2 N–H and O–H groups in total. The third-order valence-electron chi connectivity index (χ3n) is 3.92. The lowest BCUT2D eigenvalue weighted by molar-refractivity contribution is 0.0949. The Labute approximate surface area is 118 Å². The van der Waals surface area contributed by atoms with Gasteiger partial charge in [0.1, 0.15) is 5.75 Å². The summed E-state index contributed by atoms with van der Waals surface area (Å²) >= 11 is 0. The van der Waals surface area contributed by atoms with Crippen LogP contribution in [0.1, 0.15) is 33.0 Å². The van der Waals surface area contributed by atoms with Crippen LogP contribution < -0.4 is 5.32 Å². The van der Waals surface area contributed by atoms with E-state index in [0.29, 0.717) is 18.0 Å². The minimum Gasteiger partial charge on any atom is -0.508 e. The number of nitrogens with one attached hydrogen (secondary N) is 1. The second kappa shape index (κ2) is 5.00. The van der Waals surface area contributed by atoms with Gasteiger partial charge in [-0.1, -0.05) is 24.3 Å². The first-order chi connectivity index (χ1) is 9.65. The summed E-state index contributed by atoms with van der Waals surface area (Å²) in [5, 5.41) is 12.3. The van der Waals surface area contributed by atoms with Crippen molar-refractivity contribution in [1.82, 2.24) is 5.32 Å². The van der Waals surface area contributed by atoms with Crippen molar-refractivity contribution < 1.29 is 9.90 Å². The predicted molar refractivity (Wildman–Crippen MR) is 78.1 cm³/mol. The zero-order valence-corrected chi connectivity index (χ0v) is 11.4. The fraction of sp³-hybridized carbons (Fsp3) is 0.235. The Hall–Kier alpha value is -2.29. The van der Waals surface area contributed by atoms with Crippen molar-refractivity contribution in [2.24, 2.45) is 0 Å². The number of phenols is 1. The van der Waals surface area contributed by atoms with Gasteiger partial charge in [-0.3, -0.25) is 4.79 Å². The van der Waals surface area contributed by atoms with Crippen molar-refractivity contribution in [3.63, 3.8) is 0 Å². The number of amides is 1. The Balaban J connectivity index is 1.64. The van der Waals surface area contributed by atoms with Gasteiger partial charge in [-0.25, -0.2) is 0 Å². The van der Waals surface area contributed by atoms with Crippen LogP contribution in [0.2, 0.25) is 0 Å².